The average molecular weight is 846 g/mol. The fourth-order valence-electron chi connectivity index (χ4n) is 8.23. The third kappa shape index (κ3) is 43.0. The Bertz CT molecular complexity index is 950. The Hall–Kier alpha value is -1.66. The van der Waals surface area contributed by atoms with Gasteiger partial charge in [0.1, 0.15) is 6.10 Å². The molecule has 354 valence electrons. The van der Waals surface area contributed by atoms with Crippen molar-refractivity contribution in [3.63, 3.8) is 0 Å². The molecule has 3 N–H and O–H groups in total. The topological polar surface area (TPSA) is 95.9 Å². The summed E-state index contributed by atoms with van der Waals surface area (Å²) in [5, 5.41) is 23.8. The van der Waals surface area contributed by atoms with Gasteiger partial charge < -0.3 is 20.3 Å². The van der Waals surface area contributed by atoms with E-state index >= 15 is 0 Å². The molecule has 0 aromatic rings. The van der Waals surface area contributed by atoms with Gasteiger partial charge in [-0.25, -0.2) is 0 Å². The summed E-state index contributed by atoms with van der Waals surface area (Å²) < 4.78 is 5.92. The number of aliphatic hydroxyl groups is 2. The molecule has 0 spiro atoms. The third-order valence-corrected chi connectivity index (χ3v) is 12.3. The van der Waals surface area contributed by atoms with Gasteiger partial charge in [0.15, 0.2) is 0 Å². The van der Waals surface area contributed by atoms with Crippen molar-refractivity contribution in [2.45, 2.75) is 302 Å². The van der Waals surface area contributed by atoms with Gasteiger partial charge in [-0.1, -0.05) is 238 Å². The van der Waals surface area contributed by atoms with Crippen LogP contribution in [0, 0.1) is 0 Å². The molecular formula is C54H103NO5. The van der Waals surface area contributed by atoms with E-state index in [0.717, 1.165) is 57.8 Å². The third-order valence-electron chi connectivity index (χ3n) is 12.3. The zero-order valence-corrected chi connectivity index (χ0v) is 40.4. The number of allylic oxidation sites excluding steroid dienone is 4. The van der Waals surface area contributed by atoms with Crippen molar-refractivity contribution in [3.05, 3.63) is 24.3 Å². The molecule has 0 aromatic carbocycles. The van der Waals surface area contributed by atoms with Gasteiger partial charge in [-0.2, -0.15) is 0 Å². The molecule has 0 radical (unpaired) electrons. The van der Waals surface area contributed by atoms with Crippen LogP contribution in [0.25, 0.3) is 0 Å². The van der Waals surface area contributed by atoms with Gasteiger partial charge in [-0.05, 0) is 57.8 Å². The van der Waals surface area contributed by atoms with Crippen LogP contribution in [-0.2, 0) is 14.3 Å². The van der Waals surface area contributed by atoms with Crippen molar-refractivity contribution >= 4 is 11.9 Å². The van der Waals surface area contributed by atoms with Gasteiger partial charge in [-0.3, -0.25) is 9.59 Å². The Morgan fingerprint density at radius 1 is 0.483 bits per heavy atom. The quantitative estimate of drug-likeness (QED) is 0.0322. The SMILES string of the molecule is CCCCC/C=C\C/C=C\CCCCCCCCCC(=O)OC(CCCCCCCCCCC)CC(=O)NC(CO)C(O)CCCCCCCCCCCCCCCCC. The highest BCUT2D eigenvalue weighted by Gasteiger charge is 2.24. The summed E-state index contributed by atoms with van der Waals surface area (Å²) in [5.41, 5.74) is 0. The fourth-order valence-corrected chi connectivity index (χ4v) is 8.23. The van der Waals surface area contributed by atoms with Crippen LogP contribution in [0.5, 0.6) is 0 Å². The molecule has 0 heterocycles. The molecule has 0 rings (SSSR count). The van der Waals surface area contributed by atoms with Gasteiger partial charge in [0.2, 0.25) is 5.91 Å². The molecule has 0 saturated heterocycles. The van der Waals surface area contributed by atoms with E-state index in [-0.39, 0.29) is 24.9 Å². The van der Waals surface area contributed by atoms with Crippen molar-refractivity contribution in [2.24, 2.45) is 0 Å². The summed E-state index contributed by atoms with van der Waals surface area (Å²) in [5.74, 6) is -0.471. The van der Waals surface area contributed by atoms with Crippen LogP contribution in [0.3, 0.4) is 0 Å². The first-order valence-electron chi connectivity index (χ1n) is 26.6. The molecule has 6 nitrogen and oxygen atoms in total. The van der Waals surface area contributed by atoms with Gasteiger partial charge in [0.25, 0.3) is 0 Å². The lowest BCUT2D eigenvalue weighted by Crippen LogP contribution is -2.46. The Morgan fingerprint density at radius 2 is 0.850 bits per heavy atom. The Morgan fingerprint density at radius 3 is 1.30 bits per heavy atom. The van der Waals surface area contributed by atoms with E-state index in [4.69, 9.17) is 4.74 Å². The predicted octanol–water partition coefficient (Wildman–Crippen LogP) is 15.9. The minimum Gasteiger partial charge on any atom is -0.462 e. The summed E-state index contributed by atoms with van der Waals surface area (Å²) in [6.45, 7) is 6.46. The highest BCUT2D eigenvalue weighted by atomic mass is 16.5. The number of carbonyl (C=O) groups excluding carboxylic acids is 2. The van der Waals surface area contributed by atoms with Gasteiger partial charge in [-0.15, -0.1) is 0 Å². The van der Waals surface area contributed by atoms with Crippen molar-refractivity contribution in [1.29, 1.82) is 0 Å². The molecule has 0 aliphatic rings. The van der Waals surface area contributed by atoms with Crippen LogP contribution in [0.1, 0.15) is 284 Å². The maximum Gasteiger partial charge on any atom is 0.306 e. The molecule has 0 saturated carbocycles. The van der Waals surface area contributed by atoms with Crippen LogP contribution in [0.4, 0.5) is 0 Å². The van der Waals surface area contributed by atoms with Crippen LogP contribution in [0.2, 0.25) is 0 Å². The van der Waals surface area contributed by atoms with Crippen molar-refractivity contribution in [1.82, 2.24) is 5.32 Å². The van der Waals surface area contributed by atoms with Gasteiger partial charge >= 0.3 is 5.97 Å². The van der Waals surface area contributed by atoms with E-state index in [9.17, 15) is 19.8 Å². The highest BCUT2D eigenvalue weighted by molar-refractivity contribution is 5.77. The van der Waals surface area contributed by atoms with Crippen LogP contribution in [-0.4, -0.2) is 46.9 Å². The molecule has 6 heteroatoms. The van der Waals surface area contributed by atoms with Gasteiger partial charge in [0, 0.05) is 6.42 Å². The number of carbonyl (C=O) groups is 2. The monoisotopic (exact) mass is 846 g/mol. The minimum atomic E-state index is -0.784. The number of ether oxygens (including phenoxy) is 1. The molecule has 3 unspecified atom stereocenters. The first-order valence-corrected chi connectivity index (χ1v) is 26.6. The number of amides is 1. The second kappa shape index (κ2) is 48.4. The number of rotatable bonds is 48. The van der Waals surface area contributed by atoms with Crippen LogP contribution >= 0.6 is 0 Å². The number of hydrogen-bond donors (Lipinski definition) is 3. The molecule has 0 bridgehead atoms. The lowest BCUT2D eigenvalue weighted by molar-refractivity contribution is -0.151. The summed E-state index contributed by atoms with van der Waals surface area (Å²) in [6.07, 6.45) is 55.2. The molecule has 0 aliphatic carbocycles. The molecule has 3 atom stereocenters. The van der Waals surface area contributed by atoms with Crippen LogP contribution in [0.15, 0.2) is 24.3 Å². The summed E-state index contributed by atoms with van der Waals surface area (Å²) in [4.78, 5) is 26.1. The standard InChI is InChI=1S/C54H103NO5/c1-4-7-10-13-16-19-21-23-25-26-28-30-32-35-38-41-44-47-54(59)60-50(45-42-39-36-33-18-15-12-9-6-3)48-53(58)55-51(49-56)52(57)46-43-40-37-34-31-29-27-24-22-20-17-14-11-8-5-2/h16,19,23,25,50-52,56-57H,4-15,17-18,20-22,24,26-49H2,1-3H3,(H,55,58)/b19-16-,25-23-. The van der Waals surface area contributed by atoms with E-state index in [0.29, 0.717) is 19.3 Å². The maximum atomic E-state index is 13.2. The number of esters is 1. The van der Waals surface area contributed by atoms with E-state index in [2.05, 4.69) is 50.4 Å². The number of hydrogen-bond acceptors (Lipinski definition) is 5. The highest BCUT2D eigenvalue weighted by Crippen LogP contribution is 2.18. The smallest absolute Gasteiger partial charge is 0.306 e. The van der Waals surface area contributed by atoms with Crippen LogP contribution < -0.4 is 5.32 Å². The summed E-state index contributed by atoms with van der Waals surface area (Å²) in [7, 11) is 0. The Kier molecular flexibility index (Phi) is 47.0. The van der Waals surface area contributed by atoms with Crippen molar-refractivity contribution in [2.75, 3.05) is 6.61 Å². The summed E-state index contributed by atoms with van der Waals surface area (Å²) in [6, 6.07) is -0.697. The minimum absolute atomic E-state index is 0.0792. The second-order valence-corrected chi connectivity index (χ2v) is 18.3. The number of unbranched alkanes of at least 4 members (excludes halogenated alkanes) is 32. The molecule has 1 amide bonds. The fraction of sp³-hybridized carbons (Fsp3) is 0.889. The van der Waals surface area contributed by atoms with E-state index in [1.807, 2.05) is 0 Å². The lowest BCUT2D eigenvalue weighted by atomic mass is 10.0. The number of nitrogens with one attached hydrogen (secondary N) is 1. The van der Waals surface area contributed by atoms with E-state index < -0.39 is 18.2 Å². The molecule has 0 fully saturated rings. The van der Waals surface area contributed by atoms with Crippen molar-refractivity contribution in [3.8, 4) is 0 Å². The normalized spacial score (nSPS) is 13.3. The average Bonchev–Trinajstić information content (AvgIpc) is 3.24. The second-order valence-electron chi connectivity index (χ2n) is 18.3. The Balaban J connectivity index is 4.42. The van der Waals surface area contributed by atoms with Crippen molar-refractivity contribution < 1.29 is 24.5 Å². The zero-order valence-electron chi connectivity index (χ0n) is 40.4. The predicted molar refractivity (Wildman–Crippen MR) is 260 cm³/mol. The van der Waals surface area contributed by atoms with E-state index in [1.165, 1.54) is 180 Å². The maximum absolute atomic E-state index is 13.2. The first kappa shape index (κ1) is 58.3. The number of aliphatic hydroxyl groups excluding tert-OH is 2. The largest absolute Gasteiger partial charge is 0.462 e. The first-order chi connectivity index (χ1) is 29.5. The summed E-state index contributed by atoms with van der Waals surface area (Å²) >= 11 is 0. The Labute approximate surface area is 373 Å². The lowest BCUT2D eigenvalue weighted by Gasteiger charge is -2.24. The van der Waals surface area contributed by atoms with E-state index in [1.54, 1.807) is 0 Å². The molecule has 0 aromatic heterocycles. The van der Waals surface area contributed by atoms with Gasteiger partial charge in [0.05, 0.1) is 25.2 Å². The molecular weight excluding hydrogens is 743 g/mol. The molecule has 0 aliphatic heterocycles. The molecule has 60 heavy (non-hydrogen) atoms. The zero-order chi connectivity index (χ0) is 43.8.